The van der Waals surface area contributed by atoms with Gasteiger partial charge in [-0.25, -0.2) is 0 Å². The van der Waals surface area contributed by atoms with Crippen molar-refractivity contribution in [1.29, 1.82) is 0 Å². The van der Waals surface area contributed by atoms with Crippen LogP contribution < -0.4 is 5.14 Å². The van der Waals surface area contributed by atoms with E-state index >= 15 is 0 Å². The first-order chi connectivity index (χ1) is 6.29. The zero-order chi connectivity index (χ0) is 9.26. The van der Waals surface area contributed by atoms with E-state index in [1.807, 2.05) is 0 Å². The lowest BCUT2D eigenvalue weighted by Gasteiger charge is -2.25. The van der Waals surface area contributed by atoms with Crippen LogP contribution in [0.3, 0.4) is 0 Å². The van der Waals surface area contributed by atoms with Gasteiger partial charge >= 0.3 is 0 Å². The van der Waals surface area contributed by atoms with E-state index < -0.39 is 0 Å². The van der Waals surface area contributed by atoms with Crippen molar-refractivity contribution in [3.8, 4) is 0 Å². The van der Waals surface area contributed by atoms with Gasteiger partial charge < -0.3 is 4.90 Å². The monoisotopic (exact) mass is 194 g/mol. The van der Waals surface area contributed by atoms with Crippen molar-refractivity contribution in [3.63, 3.8) is 0 Å². The van der Waals surface area contributed by atoms with Gasteiger partial charge in [0.2, 0.25) is 0 Å². The van der Waals surface area contributed by atoms with Gasteiger partial charge in [-0.1, -0.05) is 6.07 Å². The molecule has 70 valence electrons. The lowest BCUT2D eigenvalue weighted by molar-refractivity contribution is 0.312. The lowest BCUT2D eigenvalue weighted by Crippen LogP contribution is -2.26. The molecule has 2 N–H and O–H groups in total. The van der Waals surface area contributed by atoms with Gasteiger partial charge in [-0.15, -0.1) is 0 Å². The van der Waals surface area contributed by atoms with Gasteiger partial charge in [-0.2, -0.15) is 0 Å². The first-order valence-corrected chi connectivity index (χ1v) is 5.34. The van der Waals surface area contributed by atoms with Crippen molar-refractivity contribution in [2.45, 2.75) is 17.9 Å². The number of hydrogen-bond acceptors (Lipinski definition) is 3. The van der Waals surface area contributed by atoms with E-state index in [1.54, 1.807) is 0 Å². The Morgan fingerprint density at radius 2 is 2.23 bits per heavy atom. The van der Waals surface area contributed by atoms with Gasteiger partial charge in [0, 0.05) is 18.0 Å². The van der Waals surface area contributed by atoms with Crippen molar-refractivity contribution in [2.75, 3.05) is 13.6 Å². The van der Waals surface area contributed by atoms with Crippen LogP contribution in [0.2, 0.25) is 0 Å². The highest BCUT2D eigenvalue weighted by atomic mass is 32.2. The Bertz CT molecular complexity index is 312. The second-order valence-corrected chi connectivity index (χ2v) is 4.24. The number of benzene rings is 1. The summed E-state index contributed by atoms with van der Waals surface area (Å²) >= 11 is 1.33. The molecule has 0 radical (unpaired) electrons. The molecule has 0 bridgehead atoms. The lowest BCUT2D eigenvalue weighted by atomic mass is 10.0. The average Bonchev–Trinajstić information content (AvgIpc) is 2.17. The van der Waals surface area contributed by atoms with E-state index in [4.69, 9.17) is 5.14 Å². The summed E-state index contributed by atoms with van der Waals surface area (Å²) in [5.41, 5.74) is 2.92. The average molecular weight is 194 g/mol. The van der Waals surface area contributed by atoms with E-state index in [2.05, 4.69) is 30.1 Å². The number of likely N-dealkylation sites (N-methyl/N-ethyl adjacent to an activating group) is 1. The van der Waals surface area contributed by atoms with Crippen LogP contribution in [-0.4, -0.2) is 18.5 Å². The van der Waals surface area contributed by atoms with Crippen LogP contribution in [0.1, 0.15) is 11.1 Å². The van der Waals surface area contributed by atoms with Crippen LogP contribution in [-0.2, 0) is 13.0 Å². The van der Waals surface area contributed by atoms with Crippen molar-refractivity contribution in [1.82, 2.24) is 4.90 Å². The summed E-state index contributed by atoms with van der Waals surface area (Å²) in [5, 5.41) is 5.52. The first-order valence-electron chi connectivity index (χ1n) is 4.46. The molecule has 0 amide bonds. The van der Waals surface area contributed by atoms with Crippen LogP contribution in [0.15, 0.2) is 23.1 Å². The van der Waals surface area contributed by atoms with Crippen LogP contribution in [0.4, 0.5) is 0 Å². The molecule has 2 nitrogen and oxygen atoms in total. The van der Waals surface area contributed by atoms with Gasteiger partial charge in [-0.3, -0.25) is 5.14 Å². The predicted molar refractivity (Wildman–Crippen MR) is 56.5 cm³/mol. The summed E-state index contributed by atoms with van der Waals surface area (Å²) in [6.45, 7) is 2.23. The third kappa shape index (κ3) is 1.88. The summed E-state index contributed by atoms with van der Waals surface area (Å²) in [6, 6.07) is 6.51. The van der Waals surface area contributed by atoms with Crippen molar-refractivity contribution in [2.24, 2.45) is 5.14 Å². The maximum atomic E-state index is 5.52. The molecule has 0 spiro atoms. The van der Waals surface area contributed by atoms with Crippen LogP contribution in [0.5, 0.6) is 0 Å². The molecule has 1 aliphatic heterocycles. The number of rotatable bonds is 1. The Labute approximate surface area is 83.2 Å². The highest BCUT2D eigenvalue weighted by Gasteiger charge is 2.12. The van der Waals surface area contributed by atoms with Gasteiger partial charge in [0.15, 0.2) is 0 Å². The maximum absolute atomic E-state index is 5.52. The number of hydrogen-bond donors (Lipinski definition) is 1. The summed E-state index contributed by atoms with van der Waals surface area (Å²) in [5.74, 6) is 0. The molecule has 0 fully saturated rings. The van der Waals surface area contributed by atoms with E-state index in [0.29, 0.717) is 0 Å². The van der Waals surface area contributed by atoms with Crippen molar-refractivity contribution >= 4 is 11.9 Å². The van der Waals surface area contributed by atoms with Gasteiger partial charge in [0.25, 0.3) is 0 Å². The normalized spacial score (nSPS) is 17.1. The predicted octanol–water partition coefficient (Wildman–Crippen LogP) is 1.64. The minimum Gasteiger partial charge on any atom is -0.302 e. The van der Waals surface area contributed by atoms with Gasteiger partial charge in [0.1, 0.15) is 0 Å². The third-order valence-electron chi connectivity index (χ3n) is 2.52. The van der Waals surface area contributed by atoms with E-state index in [1.165, 1.54) is 28.0 Å². The molecule has 1 aromatic rings. The van der Waals surface area contributed by atoms with Crippen LogP contribution in [0, 0.1) is 0 Å². The summed E-state index contributed by atoms with van der Waals surface area (Å²) < 4.78 is 0. The molecule has 0 atom stereocenters. The van der Waals surface area contributed by atoms with Gasteiger partial charge in [0.05, 0.1) is 0 Å². The standard InChI is InChI=1S/C10H14N2S/c1-12-5-4-8-6-10(13-11)3-2-9(8)7-12/h2-3,6H,4-5,7,11H2,1H3. The molecular weight excluding hydrogens is 180 g/mol. The maximum Gasteiger partial charge on any atom is 0.0233 e. The fourth-order valence-corrected chi connectivity index (χ4v) is 2.10. The van der Waals surface area contributed by atoms with E-state index in [0.717, 1.165) is 19.5 Å². The van der Waals surface area contributed by atoms with Crippen LogP contribution in [0.25, 0.3) is 0 Å². The molecule has 1 aliphatic rings. The molecule has 2 rings (SSSR count). The highest BCUT2D eigenvalue weighted by Crippen LogP contribution is 2.22. The van der Waals surface area contributed by atoms with Crippen LogP contribution >= 0.6 is 11.9 Å². The Kier molecular flexibility index (Phi) is 2.58. The molecule has 0 aromatic heterocycles. The molecule has 13 heavy (non-hydrogen) atoms. The largest absolute Gasteiger partial charge is 0.302 e. The van der Waals surface area contributed by atoms with E-state index in [-0.39, 0.29) is 0 Å². The molecule has 1 heterocycles. The molecule has 0 unspecified atom stereocenters. The first kappa shape index (κ1) is 9.06. The molecule has 0 saturated heterocycles. The van der Waals surface area contributed by atoms with Crippen molar-refractivity contribution < 1.29 is 0 Å². The topological polar surface area (TPSA) is 29.3 Å². The van der Waals surface area contributed by atoms with E-state index in [9.17, 15) is 0 Å². The SMILES string of the molecule is CN1CCc2cc(SN)ccc2C1. The molecule has 3 heteroatoms. The second-order valence-electron chi connectivity index (χ2n) is 3.54. The second kappa shape index (κ2) is 3.70. The fraction of sp³-hybridized carbons (Fsp3) is 0.400. The number of fused-ring (bicyclic) bond motifs is 1. The molecule has 1 aromatic carbocycles. The molecular formula is C10H14N2S. The number of nitrogens with two attached hydrogens (primary N) is 1. The molecule has 0 saturated carbocycles. The third-order valence-corrected chi connectivity index (χ3v) is 3.04. The Morgan fingerprint density at radius 3 is 3.00 bits per heavy atom. The highest BCUT2D eigenvalue weighted by molar-refractivity contribution is 7.97. The minimum absolute atomic E-state index is 1.07. The van der Waals surface area contributed by atoms with Gasteiger partial charge in [-0.05, 0) is 48.7 Å². The van der Waals surface area contributed by atoms with Crippen molar-refractivity contribution in [3.05, 3.63) is 29.3 Å². The summed E-state index contributed by atoms with van der Waals surface area (Å²) in [4.78, 5) is 3.51. The Morgan fingerprint density at radius 1 is 1.38 bits per heavy atom. The number of nitrogens with zero attached hydrogens (tertiary/aromatic N) is 1. The Balaban J connectivity index is 2.31. The fourth-order valence-electron chi connectivity index (χ4n) is 1.74. The summed E-state index contributed by atoms with van der Waals surface area (Å²) in [7, 11) is 2.16. The smallest absolute Gasteiger partial charge is 0.0233 e. The zero-order valence-electron chi connectivity index (χ0n) is 7.79. The Hall–Kier alpha value is -0.510. The summed E-state index contributed by atoms with van der Waals surface area (Å²) in [6.07, 6.45) is 1.15. The minimum atomic E-state index is 1.07. The quantitative estimate of drug-likeness (QED) is 0.689. The molecule has 0 aliphatic carbocycles. The zero-order valence-corrected chi connectivity index (χ0v) is 8.60.